The van der Waals surface area contributed by atoms with Gasteiger partial charge in [0.2, 0.25) is 5.88 Å². The lowest BCUT2D eigenvalue weighted by Gasteiger charge is -2.23. The average Bonchev–Trinajstić information content (AvgIpc) is 3.51. The van der Waals surface area contributed by atoms with E-state index in [1.807, 2.05) is 36.4 Å². The van der Waals surface area contributed by atoms with Crippen molar-refractivity contribution in [2.75, 3.05) is 20.8 Å². The highest BCUT2D eigenvalue weighted by molar-refractivity contribution is 5.98. The van der Waals surface area contributed by atoms with Gasteiger partial charge in [-0.25, -0.2) is 9.97 Å². The molecule has 4 heterocycles. The third kappa shape index (κ3) is 3.58. The lowest BCUT2D eigenvalue weighted by atomic mass is 10.1. The summed E-state index contributed by atoms with van der Waals surface area (Å²) in [5.41, 5.74) is 2.12. The van der Waals surface area contributed by atoms with E-state index in [2.05, 4.69) is 19.9 Å². The number of aromatic amines is 1. The first kappa shape index (κ1) is 20.1. The van der Waals surface area contributed by atoms with Crippen LogP contribution in [0.1, 0.15) is 28.8 Å². The Bertz CT molecular complexity index is 1260. The number of carbonyl (C=O) groups excluding carboxylic acids is 1. The van der Waals surface area contributed by atoms with Gasteiger partial charge in [0, 0.05) is 43.4 Å². The summed E-state index contributed by atoms with van der Waals surface area (Å²) in [6, 6.07) is 13.1. The number of nitrogens with zero attached hydrogens (tertiary/aromatic N) is 4. The number of amides is 1. The molecule has 0 aliphatic carbocycles. The highest BCUT2D eigenvalue weighted by atomic mass is 16.5. The van der Waals surface area contributed by atoms with E-state index in [0.717, 1.165) is 22.0 Å². The number of rotatable bonds is 5. The van der Waals surface area contributed by atoms with Gasteiger partial charge in [-0.2, -0.15) is 0 Å². The Kier molecular flexibility index (Phi) is 5.28. The van der Waals surface area contributed by atoms with Crippen LogP contribution in [0, 0.1) is 0 Å². The van der Waals surface area contributed by atoms with E-state index in [4.69, 9.17) is 9.47 Å². The van der Waals surface area contributed by atoms with Crippen LogP contribution in [0.15, 0.2) is 61.1 Å². The Morgan fingerprint density at radius 1 is 1.16 bits per heavy atom. The number of pyridine rings is 2. The summed E-state index contributed by atoms with van der Waals surface area (Å²) >= 11 is 0. The number of aromatic nitrogens is 4. The molecule has 0 spiro atoms. The van der Waals surface area contributed by atoms with Gasteiger partial charge in [-0.3, -0.25) is 9.78 Å². The molecule has 3 aromatic heterocycles. The second-order valence-corrected chi connectivity index (χ2v) is 7.73. The van der Waals surface area contributed by atoms with E-state index in [1.165, 1.54) is 0 Å². The Labute approximate surface area is 185 Å². The maximum Gasteiger partial charge on any atom is 0.273 e. The van der Waals surface area contributed by atoms with Gasteiger partial charge in [0.15, 0.2) is 0 Å². The molecule has 1 fully saturated rings. The molecule has 0 bridgehead atoms. The number of likely N-dealkylation sites (tertiary alicyclic amines) is 1. The first-order valence-corrected chi connectivity index (χ1v) is 10.4. The molecule has 2 atom stereocenters. The summed E-state index contributed by atoms with van der Waals surface area (Å²) in [5, 5.41) is 1.77. The number of methoxy groups -OCH3 is 2. The second kappa shape index (κ2) is 8.39. The lowest BCUT2D eigenvalue weighted by molar-refractivity contribution is 0.0678. The van der Waals surface area contributed by atoms with E-state index in [0.29, 0.717) is 30.4 Å². The van der Waals surface area contributed by atoms with Crippen molar-refractivity contribution >= 4 is 16.7 Å². The number of H-pyrrole nitrogens is 1. The third-order valence-corrected chi connectivity index (χ3v) is 5.86. The van der Waals surface area contributed by atoms with Crippen molar-refractivity contribution in [3.63, 3.8) is 0 Å². The van der Waals surface area contributed by atoms with Gasteiger partial charge >= 0.3 is 0 Å². The molecule has 32 heavy (non-hydrogen) atoms. The highest BCUT2D eigenvalue weighted by Crippen LogP contribution is 2.35. The predicted octanol–water partition coefficient (Wildman–Crippen LogP) is 3.63. The van der Waals surface area contributed by atoms with Gasteiger partial charge in [-0.1, -0.05) is 18.2 Å². The van der Waals surface area contributed by atoms with Crippen molar-refractivity contribution in [3.05, 3.63) is 72.6 Å². The molecular weight excluding hydrogens is 406 g/mol. The Morgan fingerprint density at radius 3 is 2.81 bits per heavy atom. The maximum atomic E-state index is 13.6. The summed E-state index contributed by atoms with van der Waals surface area (Å²) in [4.78, 5) is 32.0. The van der Waals surface area contributed by atoms with Crippen LogP contribution in [0.2, 0.25) is 0 Å². The Hall–Kier alpha value is -3.78. The SMILES string of the molecule is COc1nc(C(=O)N2C[C@@H](OC)C[C@H]2c2ncc(-c3cccnc3)[nH]2)cc2ccccc12. The summed E-state index contributed by atoms with van der Waals surface area (Å²) in [5.74, 6) is 0.963. The van der Waals surface area contributed by atoms with Crippen LogP contribution in [0.25, 0.3) is 22.0 Å². The molecule has 4 aromatic rings. The summed E-state index contributed by atoms with van der Waals surface area (Å²) < 4.78 is 11.1. The predicted molar refractivity (Wildman–Crippen MR) is 119 cm³/mol. The smallest absolute Gasteiger partial charge is 0.273 e. The van der Waals surface area contributed by atoms with Crippen LogP contribution >= 0.6 is 0 Å². The number of hydrogen-bond acceptors (Lipinski definition) is 6. The van der Waals surface area contributed by atoms with Crippen molar-refractivity contribution in [2.24, 2.45) is 0 Å². The number of benzene rings is 1. The van der Waals surface area contributed by atoms with Crippen LogP contribution in [0.4, 0.5) is 0 Å². The lowest BCUT2D eigenvalue weighted by Crippen LogP contribution is -2.33. The van der Waals surface area contributed by atoms with E-state index >= 15 is 0 Å². The van der Waals surface area contributed by atoms with Crippen molar-refractivity contribution in [3.8, 4) is 17.1 Å². The van der Waals surface area contributed by atoms with Gasteiger partial charge in [0.1, 0.15) is 11.5 Å². The molecule has 1 aromatic carbocycles. The van der Waals surface area contributed by atoms with Crippen molar-refractivity contribution in [2.45, 2.75) is 18.6 Å². The zero-order valence-electron chi connectivity index (χ0n) is 17.9. The van der Waals surface area contributed by atoms with Gasteiger partial charge in [0.05, 0.1) is 31.1 Å². The van der Waals surface area contributed by atoms with E-state index < -0.39 is 0 Å². The molecule has 1 aliphatic rings. The molecular formula is C24H23N5O3. The molecule has 0 unspecified atom stereocenters. The van der Waals surface area contributed by atoms with E-state index in [9.17, 15) is 4.79 Å². The van der Waals surface area contributed by atoms with E-state index in [-0.39, 0.29) is 18.1 Å². The molecule has 0 saturated carbocycles. The summed E-state index contributed by atoms with van der Waals surface area (Å²) in [7, 11) is 3.22. The van der Waals surface area contributed by atoms with E-state index in [1.54, 1.807) is 43.8 Å². The normalized spacial score (nSPS) is 18.2. The number of imidazole rings is 1. The van der Waals surface area contributed by atoms with Crippen molar-refractivity contribution in [1.29, 1.82) is 0 Å². The van der Waals surface area contributed by atoms with Gasteiger partial charge in [-0.05, 0) is 29.7 Å². The molecule has 1 N–H and O–H groups in total. The topological polar surface area (TPSA) is 93.2 Å². The summed E-state index contributed by atoms with van der Waals surface area (Å²) in [6.07, 6.45) is 5.84. The fourth-order valence-corrected chi connectivity index (χ4v) is 4.21. The standard InChI is InChI=1S/C24H23N5O3/c1-31-17-11-21(22-26-13-20(27-22)16-7-5-9-25-12-16)29(14-17)24(30)19-10-15-6-3-4-8-18(15)23(28-19)32-2/h3-10,12-13,17,21H,11,14H2,1-2H3,(H,26,27)/t17-,21-/m0/s1. The molecule has 8 heteroatoms. The number of ether oxygens (including phenoxy) is 2. The van der Waals surface area contributed by atoms with Crippen LogP contribution < -0.4 is 4.74 Å². The minimum absolute atomic E-state index is 0.0850. The van der Waals surface area contributed by atoms with Crippen LogP contribution in [-0.2, 0) is 4.74 Å². The Morgan fingerprint density at radius 2 is 2.03 bits per heavy atom. The Balaban J connectivity index is 1.50. The monoisotopic (exact) mass is 429 g/mol. The number of fused-ring (bicyclic) bond motifs is 1. The molecule has 0 radical (unpaired) electrons. The number of hydrogen-bond donors (Lipinski definition) is 1. The van der Waals surface area contributed by atoms with Crippen LogP contribution in [0.5, 0.6) is 5.88 Å². The fourth-order valence-electron chi connectivity index (χ4n) is 4.21. The molecule has 8 nitrogen and oxygen atoms in total. The van der Waals surface area contributed by atoms with Gasteiger partial charge in [-0.15, -0.1) is 0 Å². The molecule has 1 aliphatic heterocycles. The van der Waals surface area contributed by atoms with Crippen molar-refractivity contribution < 1.29 is 14.3 Å². The zero-order chi connectivity index (χ0) is 22.1. The quantitative estimate of drug-likeness (QED) is 0.521. The highest BCUT2D eigenvalue weighted by Gasteiger charge is 2.39. The first-order chi connectivity index (χ1) is 15.7. The third-order valence-electron chi connectivity index (χ3n) is 5.86. The van der Waals surface area contributed by atoms with Crippen LogP contribution in [0.3, 0.4) is 0 Å². The molecule has 162 valence electrons. The first-order valence-electron chi connectivity index (χ1n) is 10.4. The number of nitrogens with one attached hydrogen (secondary N) is 1. The minimum atomic E-state index is -0.253. The zero-order valence-corrected chi connectivity index (χ0v) is 17.9. The molecule has 1 saturated heterocycles. The van der Waals surface area contributed by atoms with Crippen molar-refractivity contribution in [1.82, 2.24) is 24.8 Å². The van der Waals surface area contributed by atoms with Crippen LogP contribution in [-0.4, -0.2) is 57.6 Å². The average molecular weight is 429 g/mol. The second-order valence-electron chi connectivity index (χ2n) is 7.73. The fraction of sp³-hybridized carbons (Fsp3) is 0.250. The summed E-state index contributed by atoms with van der Waals surface area (Å²) in [6.45, 7) is 0.458. The largest absolute Gasteiger partial charge is 0.481 e. The molecule has 5 rings (SSSR count). The van der Waals surface area contributed by atoms with Gasteiger partial charge < -0.3 is 19.4 Å². The number of carbonyl (C=O) groups is 1. The maximum absolute atomic E-state index is 13.6. The molecule has 1 amide bonds. The minimum Gasteiger partial charge on any atom is -0.481 e. The van der Waals surface area contributed by atoms with Gasteiger partial charge in [0.25, 0.3) is 5.91 Å².